The van der Waals surface area contributed by atoms with Crippen LogP contribution in [0, 0.1) is 6.92 Å². The summed E-state index contributed by atoms with van der Waals surface area (Å²) < 4.78 is 0. The smallest absolute Gasteiger partial charge is 0.248 e. The zero-order valence-electron chi connectivity index (χ0n) is 9.42. The predicted octanol–water partition coefficient (Wildman–Crippen LogP) is 1.84. The van der Waals surface area contributed by atoms with E-state index in [9.17, 15) is 4.79 Å². The lowest BCUT2D eigenvalue weighted by Crippen LogP contribution is -2.24. The zero-order valence-corrected chi connectivity index (χ0v) is 9.42. The van der Waals surface area contributed by atoms with Crippen LogP contribution in [-0.4, -0.2) is 23.0 Å². The number of aryl methyl sites for hydroxylation is 1. The average Bonchev–Trinajstić information content (AvgIpc) is 2.65. The van der Waals surface area contributed by atoms with Crippen molar-refractivity contribution < 1.29 is 0 Å². The van der Waals surface area contributed by atoms with Crippen molar-refractivity contribution in [3.05, 3.63) is 33.7 Å². The second kappa shape index (κ2) is 4.19. The van der Waals surface area contributed by atoms with Crippen molar-refractivity contribution in [3.8, 4) is 0 Å². The molecule has 1 aromatic heterocycles. The highest BCUT2D eigenvalue weighted by Gasteiger charge is 2.25. The molecule has 0 spiro atoms. The lowest BCUT2D eigenvalue weighted by molar-refractivity contribution is 0.270. The van der Waals surface area contributed by atoms with E-state index in [1.165, 1.54) is 24.9 Å². The number of hydrogen-bond donors (Lipinski definition) is 1. The molecule has 1 unspecified atom stereocenters. The Morgan fingerprint density at radius 3 is 3.07 bits per heavy atom. The summed E-state index contributed by atoms with van der Waals surface area (Å²) in [5, 5.41) is 0. The number of hydrogen-bond acceptors (Lipinski definition) is 2. The number of H-pyrrole nitrogens is 1. The number of pyridine rings is 1. The normalized spacial score (nSPS) is 22.1. The summed E-state index contributed by atoms with van der Waals surface area (Å²) in [6.07, 6.45) is 4.36. The van der Waals surface area contributed by atoms with Crippen LogP contribution in [0.15, 0.2) is 17.1 Å². The van der Waals surface area contributed by atoms with E-state index in [4.69, 9.17) is 0 Å². The molecule has 0 radical (unpaired) electrons. The van der Waals surface area contributed by atoms with E-state index in [1.54, 1.807) is 6.07 Å². The molecule has 0 saturated carbocycles. The van der Waals surface area contributed by atoms with Gasteiger partial charge in [-0.25, -0.2) is 0 Å². The zero-order chi connectivity index (χ0) is 10.8. The standard InChI is InChI=1S/C12H18N2O/c1-3-14-6-4-5-11(14)10-8-13-12(15)7-9(10)2/h7-8,11H,3-6H2,1-2H3,(H,13,15). The van der Waals surface area contributed by atoms with Crippen molar-refractivity contribution in [2.24, 2.45) is 0 Å². The number of aromatic nitrogens is 1. The second-order valence-electron chi connectivity index (χ2n) is 4.22. The first-order valence-electron chi connectivity index (χ1n) is 5.65. The van der Waals surface area contributed by atoms with Crippen LogP contribution in [0.1, 0.15) is 36.9 Å². The maximum Gasteiger partial charge on any atom is 0.248 e. The van der Waals surface area contributed by atoms with Gasteiger partial charge in [-0.1, -0.05) is 6.92 Å². The Morgan fingerprint density at radius 1 is 1.60 bits per heavy atom. The Hall–Kier alpha value is -1.09. The average molecular weight is 206 g/mol. The van der Waals surface area contributed by atoms with Gasteiger partial charge in [-0.15, -0.1) is 0 Å². The van der Waals surface area contributed by atoms with Crippen LogP contribution in [0.25, 0.3) is 0 Å². The molecule has 0 bridgehead atoms. The van der Waals surface area contributed by atoms with Gasteiger partial charge >= 0.3 is 0 Å². The molecule has 2 heterocycles. The highest BCUT2D eigenvalue weighted by molar-refractivity contribution is 5.25. The quantitative estimate of drug-likeness (QED) is 0.801. The first-order valence-corrected chi connectivity index (χ1v) is 5.65. The number of likely N-dealkylation sites (tertiary alicyclic amines) is 1. The Kier molecular flexibility index (Phi) is 2.91. The maximum absolute atomic E-state index is 11.1. The first-order chi connectivity index (χ1) is 7.22. The fourth-order valence-electron chi connectivity index (χ4n) is 2.50. The number of aromatic amines is 1. The van der Waals surface area contributed by atoms with Gasteiger partial charge < -0.3 is 4.98 Å². The fourth-order valence-corrected chi connectivity index (χ4v) is 2.50. The third kappa shape index (κ3) is 1.97. The highest BCUT2D eigenvalue weighted by atomic mass is 16.1. The van der Waals surface area contributed by atoms with Crippen molar-refractivity contribution in [3.63, 3.8) is 0 Å². The van der Waals surface area contributed by atoms with Crippen LogP contribution in [0.4, 0.5) is 0 Å². The fraction of sp³-hybridized carbons (Fsp3) is 0.583. The minimum atomic E-state index is -0.00250. The molecule has 1 aromatic rings. The summed E-state index contributed by atoms with van der Waals surface area (Å²) in [7, 11) is 0. The molecular weight excluding hydrogens is 188 g/mol. The lowest BCUT2D eigenvalue weighted by atomic mass is 10.0. The monoisotopic (exact) mass is 206 g/mol. The molecule has 1 atom stereocenters. The lowest BCUT2D eigenvalue weighted by Gasteiger charge is -2.24. The molecule has 3 heteroatoms. The van der Waals surface area contributed by atoms with Crippen LogP contribution < -0.4 is 5.56 Å². The van der Waals surface area contributed by atoms with Crippen LogP contribution >= 0.6 is 0 Å². The molecule has 82 valence electrons. The van der Waals surface area contributed by atoms with Crippen molar-refractivity contribution >= 4 is 0 Å². The third-order valence-electron chi connectivity index (χ3n) is 3.30. The summed E-state index contributed by atoms with van der Waals surface area (Å²) in [6, 6.07) is 2.20. The predicted molar refractivity (Wildman–Crippen MR) is 61.0 cm³/mol. The maximum atomic E-state index is 11.1. The van der Waals surface area contributed by atoms with E-state index < -0.39 is 0 Å². The van der Waals surface area contributed by atoms with Crippen molar-refractivity contribution in [2.75, 3.05) is 13.1 Å². The van der Waals surface area contributed by atoms with Gasteiger partial charge in [0.2, 0.25) is 5.56 Å². The molecule has 0 aromatic carbocycles. The molecule has 1 fully saturated rings. The summed E-state index contributed by atoms with van der Waals surface area (Å²) in [5.41, 5.74) is 2.40. The molecule has 3 nitrogen and oxygen atoms in total. The van der Waals surface area contributed by atoms with Crippen LogP contribution in [0.2, 0.25) is 0 Å². The van der Waals surface area contributed by atoms with Crippen LogP contribution in [0.5, 0.6) is 0 Å². The van der Waals surface area contributed by atoms with E-state index in [0.29, 0.717) is 6.04 Å². The van der Waals surface area contributed by atoms with Gasteiger partial charge in [0.1, 0.15) is 0 Å². The minimum Gasteiger partial charge on any atom is -0.329 e. The molecule has 0 amide bonds. The number of nitrogens with one attached hydrogen (secondary N) is 1. The van der Waals surface area contributed by atoms with Gasteiger partial charge in [0.25, 0.3) is 0 Å². The van der Waals surface area contributed by atoms with E-state index >= 15 is 0 Å². The molecule has 15 heavy (non-hydrogen) atoms. The van der Waals surface area contributed by atoms with E-state index in [0.717, 1.165) is 12.1 Å². The Balaban J connectivity index is 2.32. The summed E-state index contributed by atoms with van der Waals surface area (Å²) in [6.45, 7) is 6.49. The third-order valence-corrected chi connectivity index (χ3v) is 3.30. The molecule has 0 aliphatic carbocycles. The van der Waals surface area contributed by atoms with Crippen LogP contribution in [-0.2, 0) is 0 Å². The van der Waals surface area contributed by atoms with Gasteiger partial charge in [-0.05, 0) is 44.0 Å². The summed E-state index contributed by atoms with van der Waals surface area (Å²) >= 11 is 0. The first kappa shape index (κ1) is 10.4. The summed E-state index contributed by atoms with van der Waals surface area (Å²) in [4.78, 5) is 16.4. The van der Waals surface area contributed by atoms with Crippen molar-refractivity contribution in [1.82, 2.24) is 9.88 Å². The van der Waals surface area contributed by atoms with Crippen molar-refractivity contribution in [1.29, 1.82) is 0 Å². The SMILES string of the molecule is CCN1CCCC1c1c[nH]c(=O)cc1C. The number of nitrogens with zero attached hydrogens (tertiary/aromatic N) is 1. The van der Waals surface area contributed by atoms with Crippen LogP contribution in [0.3, 0.4) is 0 Å². The van der Waals surface area contributed by atoms with E-state index in [-0.39, 0.29) is 5.56 Å². The van der Waals surface area contributed by atoms with Gasteiger partial charge in [-0.2, -0.15) is 0 Å². The van der Waals surface area contributed by atoms with E-state index in [2.05, 4.69) is 16.8 Å². The Morgan fingerprint density at radius 2 is 2.40 bits per heavy atom. The largest absolute Gasteiger partial charge is 0.329 e. The van der Waals surface area contributed by atoms with Gasteiger partial charge in [0.15, 0.2) is 0 Å². The van der Waals surface area contributed by atoms with E-state index in [1.807, 2.05) is 13.1 Å². The van der Waals surface area contributed by atoms with Gasteiger partial charge in [0, 0.05) is 18.3 Å². The molecule has 1 N–H and O–H groups in total. The highest BCUT2D eigenvalue weighted by Crippen LogP contribution is 2.32. The van der Waals surface area contributed by atoms with Gasteiger partial charge in [0.05, 0.1) is 0 Å². The Labute approximate surface area is 90.1 Å². The molecule has 2 rings (SSSR count). The molecular formula is C12H18N2O. The van der Waals surface area contributed by atoms with Crippen molar-refractivity contribution in [2.45, 2.75) is 32.7 Å². The molecule has 1 saturated heterocycles. The topological polar surface area (TPSA) is 36.1 Å². The molecule has 1 aliphatic rings. The second-order valence-corrected chi connectivity index (χ2v) is 4.22. The molecule has 1 aliphatic heterocycles. The van der Waals surface area contributed by atoms with Gasteiger partial charge in [-0.3, -0.25) is 9.69 Å². The minimum absolute atomic E-state index is 0.00250. The number of rotatable bonds is 2. The Bertz CT molecular complexity index is 397. The summed E-state index contributed by atoms with van der Waals surface area (Å²) in [5.74, 6) is 0.